The molecule has 0 aliphatic carbocycles. The van der Waals surface area contributed by atoms with Crippen molar-refractivity contribution in [2.45, 2.75) is 30.7 Å². The summed E-state index contributed by atoms with van der Waals surface area (Å²) in [6.07, 6.45) is 1.66. The molecule has 1 aromatic carbocycles. The van der Waals surface area contributed by atoms with Crippen molar-refractivity contribution in [1.82, 2.24) is 9.62 Å². The Hall–Kier alpha value is -1.51. The second-order valence-corrected chi connectivity index (χ2v) is 7.04. The maximum absolute atomic E-state index is 12.7. The lowest BCUT2D eigenvalue weighted by atomic mass is 10.2. The van der Waals surface area contributed by atoms with Crippen molar-refractivity contribution in [1.29, 1.82) is 0 Å². The zero-order valence-corrected chi connectivity index (χ0v) is 12.9. The highest BCUT2D eigenvalue weighted by molar-refractivity contribution is 7.89. The average molecular weight is 313 g/mol. The van der Waals surface area contributed by atoms with Crippen LogP contribution in [-0.4, -0.2) is 43.8 Å². The maximum atomic E-state index is 12.7. The number of rotatable bonds is 5. The molecule has 0 aromatic heterocycles. The Bertz CT molecular complexity index is 645. The third-order valence-corrected chi connectivity index (χ3v) is 5.83. The van der Waals surface area contributed by atoms with E-state index in [1.165, 1.54) is 22.5 Å². The number of nitrogens with zero attached hydrogens (tertiary/aromatic N) is 2. The fraction of sp³-hybridized carbons (Fsp3) is 0.538. The van der Waals surface area contributed by atoms with Crippen LogP contribution in [0, 0.1) is 17.0 Å². The van der Waals surface area contributed by atoms with Crippen LogP contribution in [0.2, 0.25) is 0 Å². The molecule has 1 aromatic rings. The Morgan fingerprint density at radius 3 is 2.76 bits per heavy atom. The Morgan fingerprint density at radius 2 is 2.19 bits per heavy atom. The molecule has 0 amide bonds. The Balaban J connectivity index is 2.37. The molecule has 7 nitrogen and oxygen atoms in total. The summed E-state index contributed by atoms with van der Waals surface area (Å²) in [7, 11) is -1.82. The van der Waals surface area contributed by atoms with E-state index in [0.29, 0.717) is 18.7 Å². The predicted molar refractivity (Wildman–Crippen MR) is 78.7 cm³/mol. The van der Waals surface area contributed by atoms with E-state index in [1.54, 1.807) is 14.0 Å². The Morgan fingerprint density at radius 1 is 1.48 bits per heavy atom. The molecular weight excluding hydrogens is 294 g/mol. The van der Waals surface area contributed by atoms with Gasteiger partial charge in [-0.2, -0.15) is 4.31 Å². The summed E-state index contributed by atoms with van der Waals surface area (Å²) in [5.41, 5.74) is 0.305. The third kappa shape index (κ3) is 3.07. The highest BCUT2D eigenvalue weighted by Crippen LogP contribution is 2.29. The SMILES string of the molecule is CNCC1CCCN1S(=O)(=O)c1ccc([N+](=O)[O-])cc1C. The number of hydrogen-bond acceptors (Lipinski definition) is 5. The van der Waals surface area contributed by atoms with Crippen molar-refractivity contribution in [3.05, 3.63) is 33.9 Å². The summed E-state index contributed by atoms with van der Waals surface area (Å²) in [6, 6.07) is 3.81. The standard InChI is InChI=1S/C13H19N3O4S/c1-10-8-11(16(17)18)5-6-13(10)21(19,20)15-7-3-4-12(15)9-14-2/h5-6,8,12,14H,3-4,7,9H2,1-2H3. The Kier molecular flexibility index (Phi) is 4.60. The normalized spacial score (nSPS) is 19.8. The van der Waals surface area contributed by atoms with Gasteiger partial charge in [0.25, 0.3) is 5.69 Å². The molecule has 1 saturated heterocycles. The van der Waals surface area contributed by atoms with E-state index in [4.69, 9.17) is 0 Å². The molecule has 1 unspecified atom stereocenters. The summed E-state index contributed by atoms with van der Waals surface area (Å²) in [4.78, 5) is 10.4. The van der Waals surface area contributed by atoms with E-state index >= 15 is 0 Å². The molecule has 0 bridgehead atoms. The van der Waals surface area contributed by atoms with Gasteiger partial charge in [0.05, 0.1) is 9.82 Å². The quantitative estimate of drug-likeness (QED) is 0.653. The van der Waals surface area contributed by atoms with Gasteiger partial charge in [0.1, 0.15) is 0 Å². The van der Waals surface area contributed by atoms with Crippen LogP contribution in [0.4, 0.5) is 5.69 Å². The number of benzene rings is 1. The molecule has 21 heavy (non-hydrogen) atoms. The summed E-state index contributed by atoms with van der Waals surface area (Å²) in [5, 5.41) is 13.8. The van der Waals surface area contributed by atoms with Gasteiger partial charge >= 0.3 is 0 Å². The number of sulfonamides is 1. The third-order valence-electron chi connectivity index (χ3n) is 3.72. The van der Waals surface area contributed by atoms with E-state index in [9.17, 15) is 18.5 Å². The largest absolute Gasteiger partial charge is 0.318 e. The second-order valence-electron chi connectivity index (χ2n) is 5.18. The molecule has 0 saturated carbocycles. The first-order valence-electron chi connectivity index (χ1n) is 6.79. The van der Waals surface area contributed by atoms with Crippen LogP contribution < -0.4 is 5.32 Å². The number of aryl methyl sites for hydroxylation is 1. The van der Waals surface area contributed by atoms with Crippen LogP contribution >= 0.6 is 0 Å². The molecular formula is C13H19N3O4S. The first-order chi connectivity index (χ1) is 9.87. The lowest BCUT2D eigenvalue weighted by Crippen LogP contribution is -2.40. The van der Waals surface area contributed by atoms with Gasteiger partial charge in [-0.15, -0.1) is 0 Å². The van der Waals surface area contributed by atoms with Gasteiger partial charge in [-0.3, -0.25) is 10.1 Å². The number of hydrogen-bond donors (Lipinski definition) is 1. The molecule has 116 valence electrons. The minimum Gasteiger partial charge on any atom is -0.318 e. The maximum Gasteiger partial charge on any atom is 0.269 e. The Labute approximate surface area is 124 Å². The van der Waals surface area contributed by atoms with Crippen molar-refractivity contribution in [3.8, 4) is 0 Å². The molecule has 1 N–H and O–H groups in total. The lowest BCUT2D eigenvalue weighted by Gasteiger charge is -2.24. The molecule has 1 aliphatic rings. The van der Waals surface area contributed by atoms with E-state index in [1.807, 2.05) is 0 Å². The number of nitro groups is 1. The van der Waals surface area contributed by atoms with Crippen molar-refractivity contribution in [2.75, 3.05) is 20.1 Å². The van der Waals surface area contributed by atoms with Crippen molar-refractivity contribution < 1.29 is 13.3 Å². The zero-order valence-electron chi connectivity index (χ0n) is 12.1. The van der Waals surface area contributed by atoms with E-state index in [2.05, 4.69) is 5.32 Å². The van der Waals surface area contributed by atoms with Crippen LogP contribution in [0.3, 0.4) is 0 Å². The number of nitrogens with one attached hydrogen (secondary N) is 1. The summed E-state index contributed by atoms with van der Waals surface area (Å²) >= 11 is 0. The fourth-order valence-electron chi connectivity index (χ4n) is 2.73. The van der Waals surface area contributed by atoms with Crippen LogP contribution in [0.25, 0.3) is 0 Å². The highest BCUT2D eigenvalue weighted by atomic mass is 32.2. The minimum absolute atomic E-state index is 0.0606. The van der Waals surface area contributed by atoms with Gasteiger partial charge in [0.15, 0.2) is 0 Å². The lowest BCUT2D eigenvalue weighted by molar-refractivity contribution is -0.385. The smallest absolute Gasteiger partial charge is 0.269 e. The topological polar surface area (TPSA) is 92.6 Å². The summed E-state index contributed by atoms with van der Waals surface area (Å²) < 4.78 is 27.0. The average Bonchev–Trinajstić information content (AvgIpc) is 2.87. The van der Waals surface area contributed by atoms with Crippen LogP contribution in [0.1, 0.15) is 18.4 Å². The van der Waals surface area contributed by atoms with Crippen LogP contribution in [-0.2, 0) is 10.0 Å². The highest BCUT2D eigenvalue weighted by Gasteiger charge is 2.35. The van der Waals surface area contributed by atoms with Crippen LogP contribution in [0.15, 0.2) is 23.1 Å². The summed E-state index contributed by atoms with van der Waals surface area (Å²) in [6.45, 7) is 2.68. The predicted octanol–water partition coefficient (Wildman–Crippen LogP) is 1.28. The van der Waals surface area contributed by atoms with Gasteiger partial charge < -0.3 is 5.32 Å². The fourth-order valence-corrected chi connectivity index (χ4v) is 4.63. The number of nitro benzene ring substituents is 1. The minimum atomic E-state index is -3.61. The van der Waals surface area contributed by atoms with E-state index in [-0.39, 0.29) is 16.6 Å². The monoisotopic (exact) mass is 313 g/mol. The van der Waals surface area contributed by atoms with Gasteiger partial charge in [-0.25, -0.2) is 8.42 Å². The van der Waals surface area contributed by atoms with Crippen molar-refractivity contribution in [2.24, 2.45) is 0 Å². The van der Waals surface area contributed by atoms with Crippen LogP contribution in [0.5, 0.6) is 0 Å². The van der Waals surface area contributed by atoms with Gasteiger partial charge in [-0.1, -0.05) is 0 Å². The molecule has 1 aliphatic heterocycles. The van der Waals surface area contributed by atoms with Crippen molar-refractivity contribution >= 4 is 15.7 Å². The summed E-state index contributed by atoms with van der Waals surface area (Å²) in [5.74, 6) is 0. The second kappa shape index (κ2) is 6.08. The molecule has 0 spiro atoms. The van der Waals surface area contributed by atoms with E-state index in [0.717, 1.165) is 12.8 Å². The number of non-ortho nitro benzene ring substituents is 1. The number of likely N-dealkylation sites (N-methyl/N-ethyl adjacent to an activating group) is 1. The molecule has 8 heteroatoms. The van der Waals surface area contributed by atoms with Crippen molar-refractivity contribution in [3.63, 3.8) is 0 Å². The molecule has 0 radical (unpaired) electrons. The van der Waals surface area contributed by atoms with E-state index < -0.39 is 14.9 Å². The molecule has 1 heterocycles. The first kappa shape index (κ1) is 15.9. The zero-order chi connectivity index (χ0) is 15.6. The molecule has 1 atom stereocenters. The molecule has 1 fully saturated rings. The van der Waals surface area contributed by atoms with Gasteiger partial charge in [0.2, 0.25) is 10.0 Å². The van der Waals surface area contributed by atoms with Gasteiger partial charge in [0, 0.05) is 31.3 Å². The molecule has 2 rings (SSSR count). The van der Waals surface area contributed by atoms with Gasteiger partial charge in [-0.05, 0) is 38.4 Å². The first-order valence-corrected chi connectivity index (χ1v) is 8.23.